The molecule has 0 aliphatic carbocycles. The van der Waals surface area contributed by atoms with Crippen molar-refractivity contribution in [3.05, 3.63) is 46.5 Å². The molecule has 1 N–H and O–H groups in total. The molecular weight excluding hydrogens is 372 g/mol. The van der Waals surface area contributed by atoms with E-state index in [9.17, 15) is 10.1 Å². The Kier molecular flexibility index (Phi) is 5.38. The molecule has 27 heavy (non-hydrogen) atoms. The molecule has 2 aromatic rings. The van der Waals surface area contributed by atoms with Crippen molar-refractivity contribution in [1.29, 1.82) is 5.26 Å². The maximum absolute atomic E-state index is 12.5. The number of methoxy groups -OCH3 is 2. The van der Waals surface area contributed by atoms with Crippen molar-refractivity contribution in [3.8, 4) is 29.1 Å². The molecule has 0 fully saturated rings. The number of halogens is 1. The van der Waals surface area contributed by atoms with Gasteiger partial charge in [0, 0.05) is 12.1 Å². The van der Waals surface area contributed by atoms with Gasteiger partial charge in [0.2, 0.25) is 6.79 Å². The fraction of sp³-hybridized carbons (Fsp3) is 0.158. The van der Waals surface area contributed by atoms with E-state index in [0.717, 1.165) is 0 Å². The molecule has 0 saturated carbocycles. The van der Waals surface area contributed by atoms with E-state index in [1.54, 1.807) is 30.3 Å². The van der Waals surface area contributed by atoms with Crippen LogP contribution in [0.5, 0.6) is 23.0 Å². The number of rotatable bonds is 5. The Morgan fingerprint density at radius 2 is 1.96 bits per heavy atom. The first-order valence-corrected chi connectivity index (χ1v) is 8.18. The van der Waals surface area contributed by atoms with Crippen LogP contribution in [0.2, 0.25) is 5.02 Å². The average molecular weight is 387 g/mol. The van der Waals surface area contributed by atoms with Crippen LogP contribution in [-0.2, 0) is 4.79 Å². The molecule has 1 aliphatic heterocycles. The van der Waals surface area contributed by atoms with E-state index in [1.165, 1.54) is 20.3 Å². The fourth-order valence-electron chi connectivity index (χ4n) is 2.44. The highest BCUT2D eigenvalue weighted by atomic mass is 35.5. The van der Waals surface area contributed by atoms with Crippen molar-refractivity contribution in [2.75, 3.05) is 26.3 Å². The minimum absolute atomic E-state index is 0.0989. The van der Waals surface area contributed by atoms with Crippen molar-refractivity contribution in [2.24, 2.45) is 0 Å². The number of carbonyl (C=O) groups excluding carboxylic acids is 1. The Morgan fingerprint density at radius 3 is 2.63 bits per heavy atom. The maximum Gasteiger partial charge on any atom is 0.266 e. The van der Waals surface area contributed by atoms with Crippen molar-refractivity contribution in [2.45, 2.75) is 0 Å². The molecule has 0 unspecified atom stereocenters. The summed E-state index contributed by atoms with van der Waals surface area (Å²) in [5, 5.41) is 12.4. The maximum atomic E-state index is 12.5. The fourth-order valence-corrected chi connectivity index (χ4v) is 2.65. The normalized spacial score (nSPS) is 12.3. The van der Waals surface area contributed by atoms with Crippen LogP contribution >= 0.6 is 11.6 Å². The van der Waals surface area contributed by atoms with Gasteiger partial charge in [-0.05, 0) is 29.8 Å². The van der Waals surface area contributed by atoms with Crippen LogP contribution in [0.3, 0.4) is 0 Å². The summed E-state index contributed by atoms with van der Waals surface area (Å²) in [4.78, 5) is 12.5. The highest BCUT2D eigenvalue weighted by molar-refractivity contribution is 6.32. The van der Waals surface area contributed by atoms with E-state index < -0.39 is 5.91 Å². The largest absolute Gasteiger partial charge is 0.497 e. The lowest BCUT2D eigenvalue weighted by molar-refractivity contribution is -0.112. The van der Waals surface area contributed by atoms with Crippen LogP contribution in [0, 0.1) is 11.3 Å². The third kappa shape index (κ3) is 3.91. The Balaban J connectivity index is 1.87. The highest BCUT2D eigenvalue weighted by Gasteiger charge is 2.18. The minimum atomic E-state index is -0.602. The number of nitrogens with zero attached hydrogens (tertiary/aromatic N) is 1. The molecule has 138 valence electrons. The number of amides is 1. The van der Waals surface area contributed by atoms with E-state index in [-0.39, 0.29) is 12.4 Å². The summed E-state index contributed by atoms with van der Waals surface area (Å²) < 4.78 is 20.9. The summed E-state index contributed by atoms with van der Waals surface area (Å²) in [6.07, 6.45) is 1.38. The van der Waals surface area contributed by atoms with E-state index in [0.29, 0.717) is 39.3 Å². The van der Waals surface area contributed by atoms with Crippen LogP contribution in [0.15, 0.2) is 35.9 Å². The van der Waals surface area contributed by atoms with Gasteiger partial charge in [-0.15, -0.1) is 0 Å². The predicted molar refractivity (Wildman–Crippen MR) is 99.3 cm³/mol. The first kappa shape index (κ1) is 18.4. The monoisotopic (exact) mass is 386 g/mol. The summed E-state index contributed by atoms with van der Waals surface area (Å²) in [6.45, 7) is 0.0989. The van der Waals surface area contributed by atoms with Crippen LogP contribution in [0.4, 0.5) is 5.69 Å². The molecule has 3 rings (SSSR count). The molecule has 0 atom stereocenters. The first-order valence-electron chi connectivity index (χ1n) is 7.80. The second-order valence-electron chi connectivity index (χ2n) is 5.42. The smallest absolute Gasteiger partial charge is 0.266 e. The van der Waals surface area contributed by atoms with Crippen LogP contribution in [0.1, 0.15) is 5.56 Å². The first-order chi connectivity index (χ1) is 13.0. The summed E-state index contributed by atoms with van der Waals surface area (Å²) in [5.41, 5.74) is 0.740. The third-order valence-corrected chi connectivity index (χ3v) is 4.14. The zero-order chi connectivity index (χ0) is 19.4. The van der Waals surface area contributed by atoms with Crippen molar-refractivity contribution in [1.82, 2.24) is 0 Å². The molecule has 0 spiro atoms. The minimum Gasteiger partial charge on any atom is -0.497 e. The van der Waals surface area contributed by atoms with Crippen molar-refractivity contribution >= 4 is 29.3 Å². The van der Waals surface area contributed by atoms with Crippen LogP contribution in [-0.4, -0.2) is 26.9 Å². The average Bonchev–Trinajstić information content (AvgIpc) is 3.13. The number of anilines is 1. The number of ether oxygens (including phenoxy) is 4. The van der Waals surface area contributed by atoms with E-state index in [1.807, 2.05) is 6.07 Å². The number of nitrogens with one attached hydrogen (secondary N) is 1. The summed E-state index contributed by atoms with van der Waals surface area (Å²) in [5.74, 6) is 1.40. The zero-order valence-electron chi connectivity index (χ0n) is 14.5. The molecule has 0 saturated heterocycles. The number of hydrogen-bond donors (Lipinski definition) is 1. The van der Waals surface area contributed by atoms with Gasteiger partial charge in [0.1, 0.15) is 23.1 Å². The molecule has 7 nitrogen and oxygen atoms in total. The lowest BCUT2D eigenvalue weighted by atomic mass is 10.1. The summed E-state index contributed by atoms with van der Waals surface area (Å²) >= 11 is 6.20. The molecule has 1 heterocycles. The number of benzene rings is 2. The van der Waals surface area contributed by atoms with Gasteiger partial charge in [-0.25, -0.2) is 0 Å². The molecule has 8 heteroatoms. The number of hydrogen-bond acceptors (Lipinski definition) is 6. The van der Waals surface area contributed by atoms with Gasteiger partial charge in [0.05, 0.1) is 24.9 Å². The van der Waals surface area contributed by atoms with E-state index >= 15 is 0 Å². The molecule has 0 radical (unpaired) electrons. The Bertz CT molecular complexity index is 965. The van der Waals surface area contributed by atoms with E-state index in [4.69, 9.17) is 30.5 Å². The van der Waals surface area contributed by atoms with E-state index in [2.05, 4.69) is 5.32 Å². The van der Waals surface area contributed by atoms with Gasteiger partial charge in [0.25, 0.3) is 5.91 Å². The molecule has 1 amide bonds. The summed E-state index contributed by atoms with van der Waals surface area (Å²) in [6, 6.07) is 9.99. The van der Waals surface area contributed by atoms with Gasteiger partial charge < -0.3 is 24.3 Å². The van der Waals surface area contributed by atoms with Crippen molar-refractivity contribution in [3.63, 3.8) is 0 Å². The van der Waals surface area contributed by atoms with Crippen LogP contribution in [0.25, 0.3) is 6.08 Å². The van der Waals surface area contributed by atoms with Gasteiger partial charge in [-0.1, -0.05) is 11.6 Å². The third-order valence-electron chi connectivity index (χ3n) is 3.81. The number of fused-ring (bicyclic) bond motifs is 1. The topological polar surface area (TPSA) is 89.8 Å². The molecular formula is C19H15ClN2O5. The van der Waals surface area contributed by atoms with Crippen LogP contribution < -0.4 is 24.3 Å². The zero-order valence-corrected chi connectivity index (χ0v) is 15.3. The van der Waals surface area contributed by atoms with Gasteiger partial charge in [-0.2, -0.15) is 5.26 Å². The Morgan fingerprint density at radius 1 is 1.22 bits per heavy atom. The highest BCUT2D eigenvalue weighted by Crippen LogP contribution is 2.37. The summed E-state index contributed by atoms with van der Waals surface area (Å²) in [7, 11) is 3.00. The lowest BCUT2D eigenvalue weighted by Gasteiger charge is -2.11. The lowest BCUT2D eigenvalue weighted by Crippen LogP contribution is -2.14. The molecule has 0 aromatic heterocycles. The Hall–Kier alpha value is -3.37. The quantitative estimate of drug-likeness (QED) is 0.623. The van der Waals surface area contributed by atoms with Gasteiger partial charge >= 0.3 is 0 Å². The second kappa shape index (κ2) is 7.89. The molecule has 1 aliphatic rings. The Labute approximate surface area is 160 Å². The second-order valence-corrected chi connectivity index (χ2v) is 5.82. The number of carbonyl (C=O) groups is 1. The van der Waals surface area contributed by atoms with Crippen molar-refractivity contribution < 1.29 is 23.7 Å². The molecule has 2 aromatic carbocycles. The molecule has 0 bridgehead atoms. The SMILES string of the molecule is COc1ccc(NC(=O)/C(C#N)=C/c2cc3c(cc2Cl)OCO3)c(OC)c1. The predicted octanol–water partition coefficient (Wildman–Crippen LogP) is 3.63. The van der Waals surface area contributed by atoms with Gasteiger partial charge in [0.15, 0.2) is 11.5 Å². The standard InChI is InChI=1S/C19H15ClN2O5/c1-24-13-3-4-15(16(7-13)25-2)22-19(23)12(9-21)5-11-6-17-18(8-14(11)20)27-10-26-17/h3-8H,10H2,1-2H3,(H,22,23)/b12-5+. The number of nitriles is 1. The van der Waals surface area contributed by atoms with Gasteiger partial charge in [-0.3, -0.25) is 4.79 Å².